The highest BCUT2D eigenvalue weighted by Crippen LogP contribution is 2.47. The fourth-order valence-electron chi connectivity index (χ4n) is 3.71. The standard InChI is InChI=1S/C16H24N2O5.C7H3F3.ClH/c1-5-23-16(19)11-10-12(20-2)14(21-3)15(22-4)13(11)18-8-6-17-7-9-18;8-7(9,10)6-2-1-4-3-5(4)6;/h10,17H,5-9H2,1-4H3;1-3H;1H. The smallest absolute Gasteiger partial charge is 0.417 e. The molecule has 0 radical (unpaired) electrons. The number of nitrogens with one attached hydrogen (secondary N) is 1. The fraction of sp³-hybridized carbons (Fsp3) is 0.435. The first-order valence-electron chi connectivity index (χ1n) is 10.4. The summed E-state index contributed by atoms with van der Waals surface area (Å²) in [4.78, 5) is 14.5. The number of nitrogens with zero attached hydrogens (tertiary/aromatic N) is 1. The Morgan fingerprint density at radius 2 is 1.68 bits per heavy atom. The van der Waals surface area contributed by atoms with Gasteiger partial charge in [-0.25, -0.2) is 4.79 Å². The van der Waals surface area contributed by atoms with E-state index < -0.39 is 17.7 Å². The third kappa shape index (κ3) is 5.79. The quantitative estimate of drug-likeness (QED) is 0.499. The van der Waals surface area contributed by atoms with Crippen molar-refractivity contribution in [1.82, 2.24) is 5.32 Å². The third-order valence-corrected chi connectivity index (χ3v) is 5.29. The van der Waals surface area contributed by atoms with E-state index in [0.717, 1.165) is 37.8 Å². The van der Waals surface area contributed by atoms with Gasteiger partial charge in [0.25, 0.3) is 0 Å². The minimum Gasteiger partial charge on any atom is -0.493 e. The molecule has 34 heavy (non-hydrogen) atoms. The van der Waals surface area contributed by atoms with Gasteiger partial charge in [0.2, 0.25) is 5.75 Å². The summed E-state index contributed by atoms with van der Waals surface area (Å²) in [6, 6.07) is 5.78. The molecule has 0 saturated carbocycles. The summed E-state index contributed by atoms with van der Waals surface area (Å²) in [6.07, 6.45) is -4.17. The molecule has 7 nitrogen and oxygen atoms in total. The largest absolute Gasteiger partial charge is 0.493 e. The SMILES string of the molecule is CCOC(=O)c1cc(OC)c(OC)c(OC)c1N1CCNCC1.Cl.FC(F)(F)c1ccc2cc1-2. The number of carbonyl (C=O) groups is 1. The topological polar surface area (TPSA) is 69.3 Å². The third-order valence-electron chi connectivity index (χ3n) is 5.29. The van der Waals surface area contributed by atoms with Crippen LogP contribution in [-0.2, 0) is 10.9 Å². The van der Waals surface area contributed by atoms with Gasteiger partial charge in [0.15, 0.2) is 11.5 Å². The number of halogens is 4. The average Bonchev–Trinajstić information content (AvgIpc) is 3.45. The Morgan fingerprint density at radius 1 is 1.03 bits per heavy atom. The number of benzene rings is 2. The number of fused-ring (bicyclic) bond motifs is 1. The number of esters is 1. The predicted octanol–water partition coefficient (Wildman–Crippen LogP) is 4.41. The Bertz CT molecular complexity index is 1010. The number of hydrogen-bond donors (Lipinski definition) is 1. The van der Waals surface area contributed by atoms with Crippen molar-refractivity contribution in [2.75, 3.05) is 59.0 Å². The van der Waals surface area contributed by atoms with Crippen LogP contribution in [0.4, 0.5) is 18.9 Å². The van der Waals surface area contributed by atoms with Gasteiger partial charge in [-0.3, -0.25) is 0 Å². The highest BCUT2D eigenvalue weighted by Gasteiger charge is 2.37. The Morgan fingerprint density at radius 3 is 2.09 bits per heavy atom. The summed E-state index contributed by atoms with van der Waals surface area (Å²) in [6.45, 7) is 5.27. The van der Waals surface area contributed by atoms with Gasteiger partial charge in [-0.15, -0.1) is 12.4 Å². The zero-order valence-electron chi connectivity index (χ0n) is 19.4. The predicted molar refractivity (Wildman–Crippen MR) is 125 cm³/mol. The highest BCUT2D eigenvalue weighted by molar-refractivity contribution is 5.99. The van der Waals surface area contributed by atoms with Crippen molar-refractivity contribution < 1.29 is 36.9 Å². The van der Waals surface area contributed by atoms with E-state index >= 15 is 0 Å². The monoisotopic (exact) mass is 504 g/mol. The van der Waals surface area contributed by atoms with E-state index in [1.165, 1.54) is 19.2 Å². The van der Waals surface area contributed by atoms with E-state index in [4.69, 9.17) is 18.9 Å². The molecule has 0 unspecified atom stereocenters. The Labute approximate surface area is 202 Å². The van der Waals surface area contributed by atoms with Crippen molar-refractivity contribution in [1.29, 1.82) is 0 Å². The lowest BCUT2D eigenvalue weighted by Crippen LogP contribution is -2.44. The van der Waals surface area contributed by atoms with E-state index in [-0.39, 0.29) is 12.4 Å². The highest BCUT2D eigenvalue weighted by atomic mass is 35.5. The van der Waals surface area contributed by atoms with Gasteiger partial charge in [-0.1, -0.05) is 6.07 Å². The molecule has 1 N–H and O–H groups in total. The number of hydrogen-bond acceptors (Lipinski definition) is 7. The first-order chi connectivity index (χ1) is 15.8. The minimum absolute atomic E-state index is 0. The molecule has 0 bridgehead atoms. The lowest BCUT2D eigenvalue weighted by Gasteiger charge is -2.32. The molecule has 1 aliphatic heterocycles. The molecule has 11 heteroatoms. The first kappa shape index (κ1) is 27.4. The second-order valence-corrected chi connectivity index (χ2v) is 7.26. The summed E-state index contributed by atoms with van der Waals surface area (Å²) in [5.74, 6) is 0.986. The van der Waals surface area contributed by atoms with Crippen LogP contribution in [0.3, 0.4) is 0 Å². The lowest BCUT2D eigenvalue weighted by atomic mass is 10.1. The van der Waals surface area contributed by atoms with Crippen LogP contribution in [0.5, 0.6) is 17.2 Å². The number of methoxy groups -OCH3 is 3. The molecule has 1 aromatic carbocycles. The molecule has 188 valence electrons. The van der Waals surface area contributed by atoms with Crippen molar-refractivity contribution in [3.8, 4) is 28.4 Å². The maximum absolute atomic E-state index is 12.4. The van der Waals surface area contributed by atoms with Crippen LogP contribution in [0.1, 0.15) is 22.8 Å². The van der Waals surface area contributed by atoms with Gasteiger partial charge in [0, 0.05) is 32.2 Å². The molecule has 0 atom stereocenters. The van der Waals surface area contributed by atoms with E-state index in [2.05, 4.69) is 10.2 Å². The van der Waals surface area contributed by atoms with Gasteiger partial charge in [0.05, 0.1) is 44.8 Å². The summed E-state index contributed by atoms with van der Waals surface area (Å²) >= 11 is 0. The zero-order valence-corrected chi connectivity index (χ0v) is 20.2. The van der Waals surface area contributed by atoms with Gasteiger partial charge in [0.1, 0.15) is 0 Å². The Kier molecular flexibility index (Phi) is 9.29. The summed E-state index contributed by atoms with van der Waals surface area (Å²) in [5, 5.41) is 3.29. The molecule has 4 rings (SSSR count). The van der Waals surface area contributed by atoms with Crippen molar-refractivity contribution in [3.63, 3.8) is 0 Å². The summed E-state index contributed by atoms with van der Waals surface area (Å²) < 4.78 is 57.2. The zero-order chi connectivity index (χ0) is 24.2. The molecular formula is C23H28ClF3N2O5. The lowest BCUT2D eigenvalue weighted by molar-refractivity contribution is -0.136. The summed E-state index contributed by atoms with van der Waals surface area (Å²) in [5.41, 5.74) is 1.70. The molecule has 0 amide bonds. The van der Waals surface area contributed by atoms with Crippen molar-refractivity contribution in [2.45, 2.75) is 13.1 Å². The van der Waals surface area contributed by atoms with Gasteiger partial charge < -0.3 is 29.2 Å². The fourth-order valence-corrected chi connectivity index (χ4v) is 3.71. The second-order valence-electron chi connectivity index (χ2n) is 7.26. The molecule has 1 fully saturated rings. The number of piperazine rings is 1. The number of anilines is 1. The van der Waals surface area contributed by atoms with Gasteiger partial charge in [-0.2, -0.15) is 13.2 Å². The van der Waals surface area contributed by atoms with Crippen LogP contribution >= 0.6 is 12.4 Å². The molecule has 2 aliphatic carbocycles. The number of ether oxygens (including phenoxy) is 4. The van der Waals surface area contributed by atoms with Crippen molar-refractivity contribution in [3.05, 3.63) is 35.4 Å². The summed E-state index contributed by atoms with van der Waals surface area (Å²) in [7, 11) is 4.63. The minimum atomic E-state index is -4.17. The molecule has 1 aromatic rings. The maximum atomic E-state index is 12.4. The van der Waals surface area contributed by atoms with Crippen molar-refractivity contribution in [2.24, 2.45) is 0 Å². The Balaban J connectivity index is 0.000000308. The normalized spacial score (nSPS) is 13.7. The molecule has 3 aliphatic rings. The van der Waals surface area contributed by atoms with E-state index in [0.29, 0.717) is 40.7 Å². The molecule has 0 spiro atoms. The maximum Gasteiger partial charge on any atom is 0.417 e. The van der Waals surface area contributed by atoms with Gasteiger partial charge >= 0.3 is 12.1 Å². The van der Waals surface area contributed by atoms with Crippen LogP contribution in [0.25, 0.3) is 11.1 Å². The van der Waals surface area contributed by atoms with Crippen molar-refractivity contribution >= 4 is 24.1 Å². The molecular weight excluding hydrogens is 477 g/mol. The first-order valence-corrected chi connectivity index (χ1v) is 10.4. The average molecular weight is 505 g/mol. The molecule has 1 heterocycles. The Hall–Kier alpha value is -2.85. The van der Waals surface area contributed by atoms with E-state index in [1.807, 2.05) is 0 Å². The second kappa shape index (κ2) is 11.5. The van der Waals surface area contributed by atoms with E-state index in [9.17, 15) is 18.0 Å². The van der Waals surface area contributed by atoms with Crippen LogP contribution in [-0.4, -0.2) is 60.1 Å². The molecule has 1 saturated heterocycles. The van der Waals surface area contributed by atoms with Gasteiger partial charge in [-0.05, 0) is 30.2 Å². The number of alkyl halides is 3. The van der Waals surface area contributed by atoms with Crippen LogP contribution < -0.4 is 24.4 Å². The number of rotatable bonds is 6. The van der Waals surface area contributed by atoms with Crippen LogP contribution in [0, 0.1) is 0 Å². The van der Waals surface area contributed by atoms with E-state index in [1.54, 1.807) is 27.2 Å². The van der Waals surface area contributed by atoms with Crippen LogP contribution in [0.2, 0.25) is 0 Å². The molecule has 0 aromatic heterocycles. The van der Waals surface area contributed by atoms with Crippen LogP contribution in [0.15, 0.2) is 24.3 Å². The number of carbonyl (C=O) groups excluding carboxylic acids is 1.